The van der Waals surface area contributed by atoms with Gasteiger partial charge in [0.1, 0.15) is 12.2 Å². The van der Waals surface area contributed by atoms with E-state index in [1.807, 2.05) is 0 Å². The molecule has 3 fully saturated rings. The van der Waals surface area contributed by atoms with Crippen LogP contribution in [0.2, 0.25) is 0 Å². The lowest BCUT2D eigenvalue weighted by molar-refractivity contribution is -0.338. The van der Waals surface area contributed by atoms with E-state index in [1.54, 1.807) is 39.5 Å². The molecule has 2 aromatic carbocycles. The van der Waals surface area contributed by atoms with Crippen molar-refractivity contribution in [2.45, 2.75) is 54.3 Å². The predicted molar refractivity (Wildman–Crippen MR) is 137 cm³/mol. The molecule has 39 heavy (non-hydrogen) atoms. The van der Waals surface area contributed by atoms with Crippen LogP contribution in [0.3, 0.4) is 0 Å². The second-order valence-electron chi connectivity index (χ2n) is 11.0. The van der Waals surface area contributed by atoms with Crippen LogP contribution in [-0.4, -0.2) is 83.2 Å². The smallest absolute Gasteiger partial charge is 0.338 e. The first kappa shape index (κ1) is 25.0. The summed E-state index contributed by atoms with van der Waals surface area (Å²) in [5, 5.41) is 0. The van der Waals surface area contributed by atoms with E-state index < -0.39 is 34.9 Å². The number of likely N-dealkylation sites (tertiary alicyclic amines) is 1. The van der Waals surface area contributed by atoms with Crippen LogP contribution in [0, 0.1) is 0 Å². The second-order valence-corrected chi connectivity index (χ2v) is 11.0. The average molecular weight is 540 g/mol. The minimum Gasteiger partial charge on any atom is -0.493 e. The Hall–Kier alpha value is -3.05. The standard InChI is InChI=1S/C29H33NO9/c1-30-9-8-27-13-24(38-26(31)16-6-7-19(32-2)20(10-16)33-3)25(34-4)29(35-5)28(27,30)14-23(39-29)17-11-21-22(12-18(17)27)37-15-36-21/h6-7,10-12,23-25H,8-9,13-15H2,1-5H3/t23-,24-,25-,27-,28-,29-/m0/s1. The molecule has 2 aromatic rings. The zero-order chi connectivity index (χ0) is 27.2. The maximum Gasteiger partial charge on any atom is 0.338 e. The van der Waals surface area contributed by atoms with E-state index in [0.29, 0.717) is 23.5 Å². The number of nitrogens with zero attached hydrogens (tertiary/aromatic N) is 1. The SMILES string of the molecule is COc1ccc(C(=O)O[C@H]2C[C@]34CCN(C)[C@@]35C[C@H](O[C@@]5(OC)[C@H]2OC)c2cc3c(cc24)OCO3)cc1OC. The molecule has 10 nitrogen and oxygen atoms in total. The quantitative estimate of drug-likeness (QED) is 0.510. The van der Waals surface area contributed by atoms with Crippen LogP contribution in [0.5, 0.6) is 23.0 Å². The number of hydrogen-bond acceptors (Lipinski definition) is 10. The fourth-order valence-corrected chi connectivity index (χ4v) is 8.29. The molecule has 3 aliphatic heterocycles. The number of likely N-dealkylation sites (N-methyl/N-ethyl adjacent to an activating group) is 1. The highest BCUT2D eigenvalue weighted by molar-refractivity contribution is 5.90. The van der Waals surface area contributed by atoms with E-state index in [-0.39, 0.29) is 12.9 Å². The van der Waals surface area contributed by atoms with Crippen LogP contribution in [0.15, 0.2) is 30.3 Å². The monoisotopic (exact) mass is 539 g/mol. The Morgan fingerprint density at radius 3 is 2.49 bits per heavy atom. The van der Waals surface area contributed by atoms with Gasteiger partial charge in [-0.25, -0.2) is 4.79 Å². The van der Waals surface area contributed by atoms with Gasteiger partial charge in [-0.2, -0.15) is 0 Å². The van der Waals surface area contributed by atoms with Gasteiger partial charge in [-0.05, 0) is 67.9 Å². The first-order chi connectivity index (χ1) is 18.9. The highest BCUT2D eigenvalue weighted by atomic mass is 16.7. The van der Waals surface area contributed by atoms with Gasteiger partial charge in [0.25, 0.3) is 0 Å². The molecule has 208 valence electrons. The number of rotatable bonds is 6. The molecule has 1 spiro atoms. The number of hydrogen-bond donors (Lipinski definition) is 0. The zero-order valence-electron chi connectivity index (χ0n) is 22.8. The number of benzene rings is 2. The van der Waals surface area contributed by atoms with Gasteiger partial charge in [-0.1, -0.05) is 0 Å². The van der Waals surface area contributed by atoms with E-state index in [1.165, 1.54) is 7.11 Å². The van der Waals surface area contributed by atoms with Crippen molar-refractivity contribution in [3.63, 3.8) is 0 Å². The number of esters is 1. The summed E-state index contributed by atoms with van der Waals surface area (Å²) in [5.74, 6) is 0.770. The van der Waals surface area contributed by atoms with Gasteiger partial charge in [0.15, 0.2) is 23.0 Å². The Kier molecular flexibility index (Phi) is 5.42. The molecule has 2 aliphatic carbocycles. The van der Waals surface area contributed by atoms with Gasteiger partial charge >= 0.3 is 5.97 Å². The van der Waals surface area contributed by atoms with Crippen molar-refractivity contribution >= 4 is 5.97 Å². The third-order valence-electron chi connectivity index (χ3n) is 9.80. The molecule has 0 unspecified atom stereocenters. The van der Waals surface area contributed by atoms with Crippen molar-refractivity contribution in [2.75, 3.05) is 48.8 Å². The van der Waals surface area contributed by atoms with Crippen molar-refractivity contribution < 1.29 is 42.7 Å². The molecule has 7 rings (SSSR count). The number of fused-ring (bicyclic) bond motifs is 4. The molecule has 0 N–H and O–H groups in total. The Labute approximate surface area is 226 Å². The highest BCUT2D eigenvalue weighted by Crippen LogP contribution is 2.72. The Bertz CT molecular complexity index is 1350. The van der Waals surface area contributed by atoms with Crippen LogP contribution >= 0.6 is 0 Å². The Morgan fingerprint density at radius 1 is 1.00 bits per heavy atom. The molecular formula is C29H33NO9. The van der Waals surface area contributed by atoms with Crippen LogP contribution in [-0.2, 0) is 24.4 Å². The molecule has 6 atom stereocenters. The lowest BCUT2D eigenvalue weighted by atomic mass is 9.50. The van der Waals surface area contributed by atoms with Crippen LogP contribution in [0.25, 0.3) is 0 Å². The molecule has 2 bridgehead atoms. The molecule has 0 amide bonds. The summed E-state index contributed by atoms with van der Waals surface area (Å²) in [5.41, 5.74) is 1.62. The Balaban J connectivity index is 1.35. The summed E-state index contributed by atoms with van der Waals surface area (Å²) in [6.07, 6.45) is 0.575. The van der Waals surface area contributed by atoms with Crippen molar-refractivity contribution in [1.82, 2.24) is 4.90 Å². The first-order valence-electron chi connectivity index (χ1n) is 13.2. The molecule has 0 radical (unpaired) electrons. The minimum atomic E-state index is -1.18. The largest absolute Gasteiger partial charge is 0.493 e. The van der Waals surface area contributed by atoms with Gasteiger partial charge in [0.05, 0.1) is 31.4 Å². The summed E-state index contributed by atoms with van der Waals surface area (Å²) in [6.45, 7) is 1.03. The topological polar surface area (TPSA) is 94.2 Å². The van der Waals surface area contributed by atoms with E-state index in [9.17, 15) is 4.79 Å². The lowest BCUT2D eigenvalue weighted by Gasteiger charge is -2.61. The van der Waals surface area contributed by atoms with Gasteiger partial charge < -0.3 is 37.9 Å². The molecule has 1 saturated carbocycles. The van der Waals surface area contributed by atoms with Gasteiger partial charge in [-0.15, -0.1) is 0 Å². The fourth-order valence-electron chi connectivity index (χ4n) is 8.29. The molecule has 2 saturated heterocycles. The molecule has 10 heteroatoms. The first-order valence-corrected chi connectivity index (χ1v) is 13.2. The van der Waals surface area contributed by atoms with Crippen LogP contribution in [0.4, 0.5) is 0 Å². The maximum absolute atomic E-state index is 13.6. The van der Waals surface area contributed by atoms with Crippen LogP contribution in [0.1, 0.15) is 46.9 Å². The highest BCUT2D eigenvalue weighted by Gasteiger charge is 2.82. The fraction of sp³-hybridized carbons (Fsp3) is 0.552. The number of carbonyl (C=O) groups excluding carboxylic acids is 1. The second kappa shape index (κ2) is 8.47. The lowest BCUT2D eigenvalue weighted by Crippen LogP contribution is -2.77. The average Bonchev–Trinajstić information content (AvgIpc) is 3.64. The van der Waals surface area contributed by atoms with Gasteiger partial charge in [-0.3, -0.25) is 4.90 Å². The summed E-state index contributed by atoms with van der Waals surface area (Å²) < 4.78 is 48.0. The number of methoxy groups -OCH3 is 4. The summed E-state index contributed by atoms with van der Waals surface area (Å²) in [4.78, 5) is 15.9. The van der Waals surface area contributed by atoms with Crippen molar-refractivity contribution in [2.24, 2.45) is 0 Å². The number of ether oxygens (including phenoxy) is 8. The summed E-state index contributed by atoms with van der Waals surface area (Å²) in [6, 6.07) is 9.14. The third kappa shape index (κ3) is 2.92. The molecule has 0 aromatic heterocycles. The van der Waals surface area contributed by atoms with E-state index in [0.717, 1.165) is 42.0 Å². The molecule has 5 aliphatic rings. The van der Waals surface area contributed by atoms with Gasteiger partial charge in [0, 0.05) is 26.1 Å². The number of carbonyl (C=O) groups is 1. The van der Waals surface area contributed by atoms with Gasteiger partial charge in [0.2, 0.25) is 12.6 Å². The zero-order valence-corrected chi connectivity index (χ0v) is 22.8. The molecule has 3 heterocycles. The van der Waals surface area contributed by atoms with E-state index in [4.69, 9.17) is 37.9 Å². The Morgan fingerprint density at radius 2 is 1.77 bits per heavy atom. The molecular weight excluding hydrogens is 506 g/mol. The summed E-state index contributed by atoms with van der Waals surface area (Å²) in [7, 11) is 8.49. The summed E-state index contributed by atoms with van der Waals surface area (Å²) >= 11 is 0. The van der Waals surface area contributed by atoms with E-state index in [2.05, 4.69) is 24.1 Å². The van der Waals surface area contributed by atoms with Crippen LogP contribution < -0.4 is 18.9 Å². The third-order valence-corrected chi connectivity index (χ3v) is 9.80. The minimum absolute atomic E-state index is 0.196. The normalized spacial score (nSPS) is 35.4. The predicted octanol–water partition coefficient (Wildman–Crippen LogP) is 3.21. The van der Waals surface area contributed by atoms with Crippen molar-refractivity contribution in [1.29, 1.82) is 0 Å². The van der Waals surface area contributed by atoms with Crippen molar-refractivity contribution in [3.8, 4) is 23.0 Å². The van der Waals surface area contributed by atoms with E-state index >= 15 is 0 Å². The van der Waals surface area contributed by atoms with Crippen molar-refractivity contribution in [3.05, 3.63) is 47.0 Å². The maximum atomic E-state index is 13.6.